The fourth-order valence-electron chi connectivity index (χ4n) is 1.29. The van der Waals surface area contributed by atoms with Crippen LogP contribution in [0.5, 0.6) is 0 Å². The quantitative estimate of drug-likeness (QED) is 0.442. The summed E-state index contributed by atoms with van der Waals surface area (Å²) < 4.78 is 41.8. The third-order valence-corrected chi connectivity index (χ3v) is 2.05. The van der Waals surface area contributed by atoms with Crippen LogP contribution in [0, 0.1) is 0 Å². The van der Waals surface area contributed by atoms with Gasteiger partial charge in [0.05, 0.1) is 12.9 Å². The zero-order valence-corrected chi connectivity index (χ0v) is 8.01. The molecule has 0 aromatic carbocycles. The fourth-order valence-corrected chi connectivity index (χ4v) is 1.29. The average Bonchev–Trinajstić information content (AvgIpc) is 2.18. The third-order valence-electron chi connectivity index (χ3n) is 2.05. The van der Waals surface area contributed by atoms with Crippen LogP contribution in [0.15, 0.2) is 28.6 Å². The number of ether oxygens (including phenoxy) is 1. The zero-order chi connectivity index (χ0) is 11.5. The van der Waals surface area contributed by atoms with E-state index < -0.39 is 11.9 Å². The number of hydrogen-bond acceptors (Lipinski definition) is 3. The van der Waals surface area contributed by atoms with E-state index in [0.717, 1.165) is 0 Å². The Morgan fingerprint density at radius 2 is 2.07 bits per heavy atom. The molecule has 0 unspecified atom stereocenters. The molecule has 1 aliphatic rings. The smallest absolute Gasteiger partial charge is 0.436 e. The number of alkyl halides is 3. The summed E-state index contributed by atoms with van der Waals surface area (Å²) in [5.41, 5.74) is -1.28. The van der Waals surface area contributed by atoms with Gasteiger partial charge < -0.3 is 9.94 Å². The standard InChI is InChI=1S/C9H10F3NO2/c1-15-7-4-2-6(3-5-7)8(13-14)9(10,11)12/h2,4,14H,3,5H2,1H3/b13-8-. The molecule has 6 heteroatoms. The minimum atomic E-state index is -4.63. The van der Waals surface area contributed by atoms with Crippen LogP contribution >= 0.6 is 0 Å². The first-order chi connectivity index (χ1) is 6.99. The lowest BCUT2D eigenvalue weighted by atomic mass is 9.99. The van der Waals surface area contributed by atoms with Crippen molar-refractivity contribution in [3.63, 3.8) is 0 Å². The molecule has 0 saturated carbocycles. The Labute approximate surface area is 84.5 Å². The van der Waals surface area contributed by atoms with Crippen LogP contribution in [0.1, 0.15) is 12.8 Å². The molecule has 0 bridgehead atoms. The van der Waals surface area contributed by atoms with Crippen LogP contribution in [0.3, 0.4) is 0 Å². The van der Waals surface area contributed by atoms with Gasteiger partial charge in [-0.15, -0.1) is 0 Å². The van der Waals surface area contributed by atoms with Crippen LogP contribution in [0.4, 0.5) is 13.2 Å². The van der Waals surface area contributed by atoms with Gasteiger partial charge in [-0.1, -0.05) is 11.2 Å². The molecule has 0 aromatic rings. The normalized spacial score (nSPS) is 18.3. The Morgan fingerprint density at radius 1 is 1.40 bits per heavy atom. The largest absolute Gasteiger partial charge is 0.501 e. The molecule has 15 heavy (non-hydrogen) atoms. The number of allylic oxidation sites excluding steroid dienone is 4. The van der Waals surface area contributed by atoms with E-state index in [1.165, 1.54) is 19.3 Å². The van der Waals surface area contributed by atoms with Crippen molar-refractivity contribution in [1.29, 1.82) is 0 Å². The predicted molar refractivity (Wildman–Crippen MR) is 47.7 cm³/mol. The van der Waals surface area contributed by atoms with Crippen LogP contribution in [-0.2, 0) is 4.74 Å². The van der Waals surface area contributed by atoms with Gasteiger partial charge in [0.25, 0.3) is 0 Å². The van der Waals surface area contributed by atoms with Gasteiger partial charge >= 0.3 is 6.18 Å². The third kappa shape index (κ3) is 2.74. The number of hydrogen-bond donors (Lipinski definition) is 1. The van der Waals surface area contributed by atoms with Gasteiger partial charge in [0.15, 0.2) is 5.71 Å². The number of rotatable bonds is 2. The zero-order valence-electron chi connectivity index (χ0n) is 8.01. The van der Waals surface area contributed by atoms with E-state index in [4.69, 9.17) is 9.94 Å². The molecule has 3 nitrogen and oxygen atoms in total. The maximum absolute atomic E-state index is 12.3. The molecule has 0 saturated heterocycles. The summed E-state index contributed by atoms with van der Waals surface area (Å²) in [5.74, 6) is 0.609. The second kappa shape index (κ2) is 4.37. The molecule has 0 spiro atoms. The van der Waals surface area contributed by atoms with Gasteiger partial charge in [-0.3, -0.25) is 0 Å². The lowest BCUT2D eigenvalue weighted by molar-refractivity contribution is -0.0604. The van der Waals surface area contributed by atoms with Crippen LogP contribution < -0.4 is 0 Å². The maximum atomic E-state index is 12.3. The SMILES string of the molecule is COC1=CC=C(/C(=N/O)C(F)(F)F)CC1. The highest BCUT2D eigenvalue weighted by molar-refractivity contribution is 6.04. The molecule has 0 radical (unpaired) electrons. The average molecular weight is 221 g/mol. The first-order valence-electron chi connectivity index (χ1n) is 4.22. The summed E-state index contributed by atoms with van der Waals surface area (Å²) in [6.07, 6.45) is -1.41. The first-order valence-corrected chi connectivity index (χ1v) is 4.22. The molecule has 1 N–H and O–H groups in total. The van der Waals surface area contributed by atoms with Crippen molar-refractivity contribution in [2.75, 3.05) is 7.11 Å². The van der Waals surface area contributed by atoms with Crippen molar-refractivity contribution in [1.82, 2.24) is 0 Å². The second-order valence-electron chi connectivity index (χ2n) is 2.98. The van der Waals surface area contributed by atoms with E-state index in [9.17, 15) is 13.2 Å². The van der Waals surface area contributed by atoms with Crippen molar-refractivity contribution < 1.29 is 23.1 Å². The van der Waals surface area contributed by atoms with Crippen molar-refractivity contribution in [2.45, 2.75) is 19.0 Å². The van der Waals surface area contributed by atoms with Crippen molar-refractivity contribution >= 4 is 5.71 Å². The molecule has 1 rings (SSSR count). The van der Waals surface area contributed by atoms with Gasteiger partial charge in [-0.25, -0.2) is 0 Å². The first kappa shape index (κ1) is 11.6. The van der Waals surface area contributed by atoms with Crippen molar-refractivity contribution in [3.05, 3.63) is 23.5 Å². The molecule has 0 amide bonds. The fraction of sp³-hybridized carbons (Fsp3) is 0.444. The summed E-state index contributed by atoms with van der Waals surface area (Å²) >= 11 is 0. The summed E-state index contributed by atoms with van der Waals surface area (Å²) in [7, 11) is 1.45. The Kier molecular flexibility index (Phi) is 3.39. The summed E-state index contributed by atoms with van der Waals surface area (Å²) in [4.78, 5) is 0. The highest BCUT2D eigenvalue weighted by Crippen LogP contribution is 2.28. The molecule has 0 aromatic heterocycles. The van der Waals surface area contributed by atoms with E-state index in [1.54, 1.807) is 0 Å². The minimum absolute atomic E-state index is 0.0363. The van der Waals surface area contributed by atoms with Gasteiger partial charge in [-0.2, -0.15) is 13.2 Å². The molecular weight excluding hydrogens is 211 g/mol. The molecule has 0 aliphatic heterocycles. The monoisotopic (exact) mass is 221 g/mol. The molecule has 84 valence electrons. The number of halogens is 3. The van der Waals surface area contributed by atoms with Crippen LogP contribution in [0.25, 0.3) is 0 Å². The lowest BCUT2D eigenvalue weighted by Crippen LogP contribution is -2.25. The topological polar surface area (TPSA) is 41.8 Å². The van der Waals surface area contributed by atoms with Gasteiger partial charge in [0, 0.05) is 6.42 Å². The van der Waals surface area contributed by atoms with Gasteiger partial charge in [0.1, 0.15) is 0 Å². The number of nitrogens with zero attached hydrogens (tertiary/aromatic N) is 1. The maximum Gasteiger partial charge on any atom is 0.436 e. The Balaban J connectivity index is 2.91. The highest BCUT2D eigenvalue weighted by atomic mass is 19.4. The Bertz CT molecular complexity index is 329. The van der Waals surface area contributed by atoms with E-state index in [0.29, 0.717) is 12.2 Å². The minimum Gasteiger partial charge on any atom is -0.501 e. The Morgan fingerprint density at radius 3 is 2.40 bits per heavy atom. The molecular formula is C9H10F3NO2. The summed E-state index contributed by atoms with van der Waals surface area (Å²) in [5, 5.41) is 10.6. The van der Waals surface area contributed by atoms with Gasteiger partial charge in [-0.05, 0) is 18.1 Å². The number of oxime groups is 1. The van der Waals surface area contributed by atoms with E-state index in [1.807, 2.05) is 0 Å². The second-order valence-corrected chi connectivity index (χ2v) is 2.98. The molecule has 0 fully saturated rings. The summed E-state index contributed by atoms with van der Waals surface area (Å²) in [6, 6.07) is 0. The molecule has 0 heterocycles. The van der Waals surface area contributed by atoms with E-state index >= 15 is 0 Å². The Hall–Kier alpha value is -1.46. The van der Waals surface area contributed by atoms with Crippen molar-refractivity contribution in [2.24, 2.45) is 5.16 Å². The van der Waals surface area contributed by atoms with Crippen LogP contribution in [-0.4, -0.2) is 24.2 Å². The molecule has 1 aliphatic carbocycles. The highest BCUT2D eigenvalue weighted by Gasteiger charge is 2.39. The van der Waals surface area contributed by atoms with Gasteiger partial charge in [0.2, 0.25) is 0 Å². The van der Waals surface area contributed by atoms with Crippen molar-refractivity contribution in [3.8, 4) is 0 Å². The lowest BCUT2D eigenvalue weighted by Gasteiger charge is -2.16. The number of methoxy groups -OCH3 is 1. The van der Waals surface area contributed by atoms with Crippen LogP contribution in [0.2, 0.25) is 0 Å². The van der Waals surface area contributed by atoms with E-state index in [-0.39, 0.29) is 12.0 Å². The molecule has 0 atom stereocenters. The van der Waals surface area contributed by atoms with E-state index in [2.05, 4.69) is 5.16 Å². The summed E-state index contributed by atoms with van der Waals surface area (Å²) in [6.45, 7) is 0. The predicted octanol–water partition coefficient (Wildman–Crippen LogP) is 2.63.